The predicted octanol–water partition coefficient (Wildman–Crippen LogP) is 4.26. The molecule has 0 spiro atoms. The van der Waals surface area contributed by atoms with Crippen LogP contribution >= 0.6 is 24.0 Å². The summed E-state index contributed by atoms with van der Waals surface area (Å²) in [6, 6.07) is 14.0. The number of anilines is 1. The SMILES string of the molecule is COCc1ccccc1NC(N)=NCCCOc1c(C)cccc1C.I. The highest BCUT2D eigenvalue weighted by molar-refractivity contribution is 14.0. The second-order valence-corrected chi connectivity index (χ2v) is 5.91. The van der Waals surface area contributed by atoms with E-state index >= 15 is 0 Å². The number of aryl methyl sites for hydroxylation is 2. The zero-order chi connectivity index (χ0) is 18.1. The Labute approximate surface area is 173 Å². The van der Waals surface area contributed by atoms with Crippen molar-refractivity contribution in [3.05, 3.63) is 59.2 Å². The first-order valence-corrected chi connectivity index (χ1v) is 8.44. The number of ether oxygens (including phenoxy) is 2. The van der Waals surface area contributed by atoms with Gasteiger partial charge >= 0.3 is 0 Å². The molecule has 0 saturated heterocycles. The summed E-state index contributed by atoms with van der Waals surface area (Å²) < 4.78 is 11.1. The molecule has 5 nitrogen and oxygen atoms in total. The second kappa shape index (κ2) is 11.7. The Bertz CT molecular complexity index is 700. The predicted molar refractivity (Wildman–Crippen MR) is 119 cm³/mol. The first kappa shape index (κ1) is 22.2. The number of nitrogens with two attached hydrogens (primary N) is 1. The summed E-state index contributed by atoms with van der Waals surface area (Å²) in [5.41, 5.74) is 10.2. The number of aliphatic imine (C=N–C) groups is 1. The Morgan fingerprint density at radius 2 is 1.77 bits per heavy atom. The van der Waals surface area contributed by atoms with E-state index in [9.17, 15) is 0 Å². The van der Waals surface area contributed by atoms with Crippen LogP contribution in [0.4, 0.5) is 5.69 Å². The fourth-order valence-electron chi connectivity index (χ4n) is 2.57. The highest BCUT2D eigenvalue weighted by Crippen LogP contribution is 2.22. The van der Waals surface area contributed by atoms with Crippen molar-refractivity contribution < 1.29 is 9.47 Å². The lowest BCUT2D eigenvalue weighted by Crippen LogP contribution is -2.23. The van der Waals surface area contributed by atoms with Gasteiger partial charge in [-0.25, -0.2) is 0 Å². The van der Waals surface area contributed by atoms with Gasteiger partial charge in [-0.2, -0.15) is 0 Å². The molecule has 142 valence electrons. The molecule has 0 aliphatic heterocycles. The van der Waals surface area contributed by atoms with E-state index in [0.29, 0.717) is 25.7 Å². The van der Waals surface area contributed by atoms with Crippen molar-refractivity contribution in [3.63, 3.8) is 0 Å². The molecule has 0 radical (unpaired) electrons. The molecule has 2 aromatic rings. The number of rotatable bonds is 8. The molecule has 0 aliphatic carbocycles. The summed E-state index contributed by atoms with van der Waals surface area (Å²) in [5.74, 6) is 1.36. The van der Waals surface area contributed by atoms with Gasteiger partial charge in [0.05, 0.1) is 13.2 Å². The Balaban J connectivity index is 0.00000338. The molecule has 2 rings (SSSR count). The van der Waals surface area contributed by atoms with Gasteiger partial charge in [-0.15, -0.1) is 24.0 Å². The van der Waals surface area contributed by atoms with Crippen LogP contribution in [0.25, 0.3) is 0 Å². The summed E-state index contributed by atoms with van der Waals surface area (Å²) >= 11 is 0. The number of nitrogens with zero attached hydrogens (tertiary/aromatic N) is 1. The minimum atomic E-state index is 0. The molecule has 0 saturated carbocycles. The van der Waals surface area contributed by atoms with E-state index < -0.39 is 0 Å². The molecule has 0 unspecified atom stereocenters. The van der Waals surface area contributed by atoms with Crippen LogP contribution in [0.3, 0.4) is 0 Å². The van der Waals surface area contributed by atoms with E-state index in [4.69, 9.17) is 15.2 Å². The first-order valence-electron chi connectivity index (χ1n) is 8.44. The number of para-hydroxylation sites is 2. The minimum absolute atomic E-state index is 0. The Hall–Kier alpha value is -1.80. The normalized spacial score (nSPS) is 11.0. The number of halogens is 1. The quantitative estimate of drug-likeness (QED) is 0.262. The third-order valence-corrected chi connectivity index (χ3v) is 3.82. The van der Waals surface area contributed by atoms with Crippen LogP contribution in [0, 0.1) is 13.8 Å². The third-order valence-electron chi connectivity index (χ3n) is 3.82. The fourth-order valence-corrected chi connectivity index (χ4v) is 2.57. The Morgan fingerprint density at radius 1 is 1.08 bits per heavy atom. The molecule has 2 aromatic carbocycles. The number of hydrogen-bond acceptors (Lipinski definition) is 3. The molecule has 6 heteroatoms. The summed E-state index contributed by atoms with van der Waals surface area (Å²) in [7, 11) is 1.67. The maximum absolute atomic E-state index is 5.97. The lowest BCUT2D eigenvalue weighted by Gasteiger charge is -2.12. The topological polar surface area (TPSA) is 68.9 Å². The van der Waals surface area contributed by atoms with Gasteiger partial charge in [0, 0.05) is 31.3 Å². The lowest BCUT2D eigenvalue weighted by atomic mass is 10.1. The molecule has 0 bridgehead atoms. The van der Waals surface area contributed by atoms with Gasteiger partial charge in [0.15, 0.2) is 5.96 Å². The number of hydrogen-bond donors (Lipinski definition) is 2. The standard InChI is InChI=1S/C20H27N3O2.HI/c1-15-8-6-9-16(2)19(15)25-13-7-12-22-20(21)23-18-11-5-4-10-17(18)14-24-3;/h4-6,8-11H,7,12-14H2,1-3H3,(H3,21,22,23);1H. The van der Waals surface area contributed by atoms with Crippen LogP contribution < -0.4 is 15.8 Å². The molecular weight excluding hydrogens is 441 g/mol. The monoisotopic (exact) mass is 469 g/mol. The highest BCUT2D eigenvalue weighted by atomic mass is 127. The number of guanidine groups is 1. The average molecular weight is 469 g/mol. The van der Waals surface area contributed by atoms with Crippen molar-refractivity contribution in [2.75, 3.05) is 25.6 Å². The van der Waals surface area contributed by atoms with Crippen molar-refractivity contribution in [1.29, 1.82) is 0 Å². The third kappa shape index (κ3) is 6.84. The van der Waals surface area contributed by atoms with Gasteiger partial charge < -0.3 is 20.5 Å². The highest BCUT2D eigenvalue weighted by Gasteiger charge is 2.04. The van der Waals surface area contributed by atoms with Gasteiger partial charge in [-0.1, -0.05) is 36.4 Å². The van der Waals surface area contributed by atoms with E-state index in [2.05, 4.69) is 36.3 Å². The van der Waals surface area contributed by atoms with Crippen LogP contribution in [0.1, 0.15) is 23.1 Å². The van der Waals surface area contributed by atoms with Crippen LogP contribution in [-0.2, 0) is 11.3 Å². The number of methoxy groups -OCH3 is 1. The first-order chi connectivity index (χ1) is 12.1. The van der Waals surface area contributed by atoms with Crippen molar-refractivity contribution in [3.8, 4) is 5.75 Å². The van der Waals surface area contributed by atoms with E-state index in [1.807, 2.05) is 30.3 Å². The summed E-state index contributed by atoms with van der Waals surface area (Å²) in [4.78, 5) is 4.36. The van der Waals surface area contributed by atoms with Gasteiger partial charge in [-0.05, 0) is 31.0 Å². The van der Waals surface area contributed by atoms with E-state index in [1.54, 1.807) is 7.11 Å². The van der Waals surface area contributed by atoms with Gasteiger partial charge in [-0.3, -0.25) is 4.99 Å². The molecule has 0 aliphatic rings. The molecule has 3 N–H and O–H groups in total. The summed E-state index contributed by atoms with van der Waals surface area (Å²) in [6.07, 6.45) is 0.801. The van der Waals surface area contributed by atoms with Gasteiger partial charge in [0.1, 0.15) is 5.75 Å². The maximum Gasteiger partial charge on any atom is 0.193 e. The second-order valence-electron chi connectivity index (χ2n) is 5.91. The van der Waals surface area contributed by atoms with Crippen molar-refractivity contribution in [2.24, 2.45) is 10.7 Å². The molecule has 0 amide bonds. The molecule has 0 aromatic heterocycles. The molecule has 0 heterocycles. The van der Waals surface area contributed by atoms with Crippen molar-refractivity contribution in [2.45, 2.75) is 26.9 Å². The Kier molecular flexibility index (Phi) is 10.0. The van der Waals surface area contributed by atoms with Crippen molar-refractivity contribution in [1.82, 2.24) is 0 Å². The smallest absolute Gasteiger partial charge is 0.193 e. The summed E-state index contributed by atoms with van der Waals surface area (Å²) in [6.45, 7) is 5.86. The molecule has 26 heavy (non-hydrogen) atoms. The van der Waals surface area contributed by atoms with E-state index in [-0.39, 0.29) is 24.0 Å². The van der Waals surface area contributed by atoms with Crippen LogP contribution in [0.15, 0.2) is 47.5 Å². The van der Waals surface area contributed by atoms with Gasteiger partial charge in [0.2, 0.25) is 0 Å². The van der Waals surface area contributed by atoms with E-state index in [1.165, 1.54) is 0 Å². The molecule has 0 fully saturated rings. The number of nitrogens with one attached hydrogen (secondary N) is 1. The molecular formula is C20H28IN3O2. The van der Waals surface area contributed by atoms with Crippen LogP contribution in [0.2, 0.25) is 0 Å². The Morgan fingerprint density at radius 3 is 2.46 bits per heavy atom. The molecule has 0 atom stereocenters. The van der Waals surface area contributed by atoms with Crippen molar-refractivity contribution >= 4 is 35.6 Å². The largest absolute Gasteiger partial charge is 0.493 e. The van der Waals surface area contributed by atoms with E-state index in [0.717, 1.165) is 34.5 Å². The summed E-state index contributed by atoms with van der Waals surface area (Å²) in [5, 5.41) is 3.13. The number of benzene rings is 2. The fraction of sp³-hybridized carbons (Fsp3) is 0.350. The average Bonchev–Trinajstić information content (AvgIpc) is 2.59. The lowest BCUT2D eigenvalue weighted by molar-refractivity contribution is 0.185. The maximum atomic E-state index is 5.97. The zero-order valence-electron chi connectivity index (χ0n) is 15.6. The minimum Gasteiger partial charge on any atom is -0.493 e. The van der Waals surface area contributed by atoms with Gasteiger partial charge in [0.25, 0.3) is 0 Å². The van der Waals surface area contributed by atoms with Crippen LogP contribution in [0.5, 0.6) is 5.75 Å². The zero-order valence-corrected chi connectivity index (χ0v) is 17.9. The van der Waals surface area contributed by atoms with Crippen LogP contribution in [-0.4, -0.2) is 26.2 Å².